The number of alkyl halides is 3. The van der Waals surface area contributed by atoms with Crippen LogP contribution in [-0.2, 0) is 6.18 Å². The van der Waals surface area contributed by atoms with Crippen molar-refractivity contribution in [1.82, 2.24) is 4.98 Å². The predicted octanol–water partition coefficient (Wildman–Crippen LogP) is 3.93. The highest BCUT2D eigenvalue weighted by atomic mass is 35.5. The van der Waals surface area contributed by atoms with Crippen molar-refractivity contribution in [2.24, 2.45) is 0 Å². The Bertz CT molecular complexity index is 400. The average Bonchev–Trinajstić information content (AvgIpc) is 2.27. The van der Waals surface area contributed by atoms with Crippen molar-refractivity contribution in [3.05, 3.63) is 28.5 Å². The molecule has 0 radical (unpaired) electrons. The molecule has 1 aromatic heterocycles. The van der Waals surface area contributed by atoms with Gasteiger partial charge in [0.2, 0.25) is 0 Å². The van der Waals surface area contributed by atoms with E-state index in [9.17, 15) is 18.3 Å². The van der Waals surface area contributed by atoms with E-state index < -0.39 is 18.0 Å². The average molecular weight is 300 g/mol. The van der Waals surface area contributed by atoms with Crippen LogP contribution in [0.5, 0.6) is 0 Å². The van der Waals surface area contributed by atoms with Gasteiger partial charge in [-0.2, -0.15) is 24.9 Å². The number of aliphatic hydroxyl groups is 1. The first kappa shape index (κ1) is 15.6. The van der Waals surface area contributed by atoms with Gasteiger partial charge in [-0.1, -0.05) is 17.7 Å². The van der Waals surface area contributed by atoms with Gasteiger partial charge in [0.05, 0.1) is 6.10 Å². The zero-order valence-corrected chi connectivity index (χ0v) is 11.2. The monoisotopic (exact) mass is 299 g/mol. The Morgan fingerprint density at radius 1 is 1.44 bits per heavy atom. The third-order valence-corrected chi connectivity index (χ3v) is 3.35. The highest BCUT2D eigenvalue weighted by Crippen LogP contribution is 2.32. The zero-order valence-electron chi connectivity index (χ0n) is 9.67. The van der Waals surface area contributed by atoms with Crippen LogP contribution in [0.1, 0.15) is 30.2 Å². The van der Waals surface area contributed by atoms with Crippen molar-refractivity contribution in [2.45, 2.75) is 25.1 Å². The summed E-state index contributed by atoms with van der Waals surface area (Å²) < 4.78 is 37.1. The van der Waals surface area contributed by atoms with E-state index in [0.29, 0.717) is 6.42 Å². The van der Waals surface area contributed by atoms with E-state index >= 15 is 0 Å². The standard InChI is InChI=1S/C11H13ClF3NOS/c1-18-6-2-3-8(17)7-4-5-9(11(13,14)15)16-10(7)12/h4-5,8,17H,2-3,6H2,1H3. The van der Waals surface area contributed by atoms with Crippen LogP contribution in [0, 0.1) is 0 Å². The van der Waals surface area contributed by atoms with Crippen molar-refractivity contribution in [2.75, 3.05) is 12.0 Å². The van der Waals surface area contributed by atoms with Crippen LogP contribution < -0.4 is 0 Å². The van der Waals surface area contributed by atoms with Crippen LogP contribution in [0.2, 0.25) is 5.15 Å². The van der Waals surface area contributed by atoms with Crippen molar-refractivity contribution in [1.29, 1.82) is 0 Å². The van der Waals surface area contributed by atoms with Crippen molar-refractivity contribution in [3.63, 3.8) is 0 Å². The van der Waals surface area contributed by atoms with Gasteiger partial charge in [-0.05, 0) is 30.9 Å². The van der Waals surface area contributed by atoms with E-state index in [-0.39, 0.29) is 10.7 Å². The smallest absolute Gasteiger partial charge is 0.388 e. The van der Waals surface area contributed by atoms with E-state index in [2.05, 4.69) is 4.98 Å². The molecular weight excluding hydrogens is 287 g/mol. The molecule has 0 aliphatic heterocycles. The molecule has 2 nitrogen and oxygen atoms in total. The number of hydrogen-bond acceptors (Lipinski definition) is 3. The summed E-state index contributed by atoms with van der Waals surface area (Å²) >= 11 is 7.31. The molecule has 7 heteroatoms. The fourth-order valence-corrected chi connectivity index (χ4v) is 2.16. The summed E-state index contributed by atoms with van der Waals surface area (Å²) in [7, 11) is 0. The Kier molecular flexibility index (Phi) is 5.75. The van der Waals surface area contributed by atoms with Crippen LogP contribution in [0.3, 0.4) is 0 Å². The van der Waals surface area contributed by atoms with E-state index in [1.807, 2.05) is 6.26 Å². The zero-order chi connectivity index (χ0) is 13.8. The minimum atomic E-state index is -4.52. The second-order valence-corrected chi connectivity index (χ2v) is 5.07. The van der Waals surface area contributed by atoms with E-state index in [1.165, 1.54) is 6.07 Å². The summed E-state index contributed by atoms with van der Waals surface area (Å²) in [5.74, 6) is 0.878. The van der Waals surface area contributed by atoms with Gasteiger partial charge in [-0.3, -0.25) is 0 Å². The second-order valence-electron chi connectivity index (χ2n) is 3.73. The molecule has 0 aliphatic carbocycles. The van der Waals surface area contributed by atoms with Crippen molar-refractivity contribution >= 4 is 23.4 Å². The largest absolute Gasteiger partial charge is 0.433 e. The fraction of sp³-hybridized carbons (Fsp3) is 0.545. The van der Waals surface area contributed by atoms with E-state index in [4.69, 9.17) is 11.6 Å². The van der Waals surface area contributed by atoms with E-state index in [1.54, 1.807) is 11.8 Å². The Labute approximate surface area is 113 Å². The molecule has 1 N–H and O–H groups in total. The molecular formula is C11H13ClF3NOS. The summed E-state index contributed by atoms with van der Waals surface area (Å²) in [6.45, 7) is 0. The lowest BCUT2D eigenvalue weighted by Crippen LogP contribution is -2.10. The molecule has 0 spiro atoms. The topological polar surface area (TPSA) is 33.1 Å². The molecule has 1 atom stereocenters. The SMILES string of the molecule is CSCCCC(O)c1ccc(C(F)(F)F)nc1Cl. The molecule has 1 unspecified atom stereocenters. The Morgan fingerprint density at radius 3 is 2.61 bits per heavy atom. The number of aliphatic hydroxyl groups excluding tert-OH is 1. The summed E-state index contributed by atoms with van der Waals surface area (Å²) in [6, 6.07) is 2.01. The fourth-order valence-electron chi connectivity index (χ4n) is 1.43. The Morgan fingerprint density at radius 2 is 2.11 bits per heavy atom. The van der Waals surface area contributed by atoms with Crippen molar-refractivity contribution < 1.29 is 18.3 Å². The molecule has 0 bridgehead atoms. The van der Waals surface area contributed by atoms with Gasteiger partial charge in [0.1, 0.15) is 10.8 Å². The quantitative estimate of drug-likeness (QED) is 0.660. The number of hydrogen-bond donors (Lipinski definition) is 1. The predicted molar refractivity (Wildman–Crippen MR) is 66.8 cm³/mol. The molecule has 0 saturated heterocycles. The number of pyridine rings is 1. The molecule has 1 rings (SSSR count). The maximum absolute atomic E-state index is 12.4. The minimum Gasteiger partial charge on any atom is -0.388 e. The number of rotatable bonds is 5. The number of halogens is 4. The Balaban J connectivity index is 2.79. The lowest BCUT2D eigenvalue weighted by Gasteiger charge is -2.13. The molecule has 0 saturated carbocycles. The van der Waals surface area contributed by atoms with Crippen LogP contribution in [0.25, 0.3) is 0 Å². The molecule has 0 aromatic carbocycles. The lowest BCUT2D eigenvalue weighted by molar-refractivity contribution is -0.141. The van der Waals surface area contributed by atoms with Crippen LogP contribution >= 0.6 is 23.4 Å². The van der Waals surface area contributed by atoms with Gasteiger partial charge in [-0.25, -0.2) is 4.98 Å². The first-order valence-corrected chi connectivity index (χ1v) is 7.04. The summed E-state index contributed by atoms with van der Waals surface area (Å²) in [5.41, 5.74) is -0.807. The molecule has 1 heterocycles. The highest BCUT2D eigenvalue weighted by Gasteiger charge is 2.33. The maximum atomic E-state index is 12.4. The Hall–Kier alpha value is -0.460. The molecule has 0 fully saturated rings. The number of thioether (sulfide) groups is 1. The first-order chi connectivity index (χ1) is 8.36. The van der Waals surface area contributed by atoms with Crippen LogP contribution in [0.15, 0.2) is 12.1 Å². The van der Waals surface area contributed by atoms with Gasteiger partial charge >= 0.3 is 6.18 Å². The van der Waals surface area contributed by atoms with E-state index in [0.717, 1.165) is 18.2 Å². The van der Waals surface area contributed by atoms with Gasteiger partial charge in [0.25, 0.3) is 0 Å². The lowest BCUT2D eigenvalue weighted by atomic mass is 10.1. The first-order valence-electron chi connectivity index (χ1n) is 5.27. The molecule has 18 heavy (non-hydrogen) atoms. The second kappa shape index (κ2) is 6.63. The van der Waals surface area contributed by atoms with Gasteiger partial charge in [-0.15, -0.1) is 0 Å². The van der Waals surface area contributed by atoms with Crippen LogP contribution in [-0.4, -0.2) is 22.1 Å². The number of nitrogens with zero attached hydrogens (tertiary/aromatic N) is 1. The van der Waals surface area contributed by atoms with Gasteiger partial charge in [0.15, 0.2) is 0 Å². The summed E-state index contributed by atoms with van der Waals surface area (Å²) in [4.78, 5) is 3.27. The summed E-state index contributed by atoms with van der Waals surface area (Å²) in [5, 5.41) is 9.52. The van der Waals surface area contributed by atoms with Gasteiger partial charge in [0, 0.05) is 5.56 Å². The number of aromatic nitrogens is 1. The summed E-state index contributed by atoms with van der Waals surface area (Å²) in [6.07, 6.45) is -2.24. The van der Waals surface area contributed by atoms with Gasteiger partial charge < -0.3 is 5.11 Å². The maximum Gasteiger partial charge on any atom is 0.433 e. The third-order valence-electron chi connectivity index (χ3n) is 2.35. The minimum absolute atomic E-state index is 0.241. The molecule has 0 aliphatic rings. The highest BCUT2D eigenvalue weighted by molar-refractivity contribution is 7.98. The molecule has 1 aromatic rings. The van der Waals surface area contributed by atoms with Crippen molar-refractivity contribution in [3.8, 4) is 0 Å². The van der Waals surface area contributed by atoms with Crippen LogP contribution in [0.4, 0.5) is 13.2 Å². The normalized spacial score (nSPS) is 13.7. The molecule has 102 valence electrons. The third kappa shape index (κ3) is 4.33. The molecule has 0 amide bonds.